The molecule has 2 N–H and O–H groups in total. The van der Waals surface area contributed by atoms with Crippen LogP contribution in [-0.4, -0.2) is 18.1 Å². The second-order valence-electron chi connectivity index (χ2n) is 2.99. The molecule has 2 aliphatic rings. The second kappa shape index (κ2) is 1.29. The molecule has 1 aliphatic heterocycles. The minimum Gasteiger partial charge on any atom is -0.465 e. The van der Waals surface area contributed by atoms with Gasteiger partial charge in [0, 0.05) is 11.5 Å². The van der Waals surface area contributed by atoms with Crippen molar-refractivity contribution < 1.29 is 9.53 Å². The van der Waals surface area contributed by atoms with Crippen LogP contribution in [-0.2, 0) is 9.53 Å². The first kappa shape index (κ1) is 5.23. The van der Waals surface area contributed by atoms with Gasteiger partial charge in [-0.05, 0) is 6.42 Å². The van der Waals surface area contributed by atoms with Crippen LogP contribution in [0.5, 0.6) is 0 Å². The van der Waals surface area contributed by atoms with Crippen molar-refractivity contribution in [1.82, 2.24) is 0 Å². The molecule has 1 heterocycles. The number of fused-ring (bicyclic) bond motifs is 1. The van der Waals surface area contributed by atoms with Crippen LogP contribution < -0.4 is 5.73 Å². The van der Waals surface area contributed by atoms with Gasteiger partial charge in [0.1, 0.15) is 0 Å². The van der Waals surface area contributed by atoms with Crippen molar-refractivity contribution in [3.05, 3.63) is 0 Å². The zero-order valence-corrected chi connectivity index (χ0v) is 5.09. The van der Waals surface area contributed by atoms with E-state index in [1.54, 1.807) is 0 Å². The molecule has 1 unspecified atom stereocenters. The largest absolute Gasteiger partial charge is 0.465 e. The van der Waals surface area contributed by atoms with Crippen molar-refractivity contribution in [2.24, 2.45) is 11.7 Å². The van der Waals surface area contributed by atoms with E-state index < -0.39 is 0 Å². The number of carbonyl (C=O) groups is 1. The highest BCUT2D eigenvalue weighted by molar-refractivity contribution is 5.73. The van der Waals surface area contributed by atoms with Crippen LogP contribution in [0.25, 0.3) is 0 Å². The van der Waals surface area contributed by atoms with Gasteiger partial charge in [0.2, 0.25) is 0 Å². The molecule has 3 nitrogen and oxygen atoms in total. The summed E-state index contributed by atoms with van der Waals surface area (Å²) in [5.41, 5.74) is 5.58. The third-order valence-corrected chi connectivity index (χ3v) is 2.20. The molecule has 2 rings (SSSR count). The number of ether oxygens (including phenoxy) is 1. The van der Waals surface area contributed by atoms with Gasteiger partial charge >= 0.3 is 5.97 Å². The van der Waals surface area contributed by atoms with E-state index in [2.05, 4.69) is 0 Å². The van der Waals surface area contributed by atoms with Crippen LogP contribution in [0.2, 0.25) is 0 Å². The van der Waals surface area contributed by atoms with E-state index in [9.17, 15) is 4.79 Å². The summed E-state index contributed by atoms with van der Waals surface area (Å²) in [5.74, 6) is 0.335. The predicted octanol–water partition coefficient (Wildman–Crippen LogP) is -0.349. The summed E-state index contributed by atoms with van der Waals surface area (Å²) in [4.78, 5) is 10.6. The maximum Gasteiger partial charge on any atom is 0.307 e. The summed E-state index contributed by atoms with van der Waals surface area (Å²) >= 11 is 0. The van der Waals surface area contributed by atoms with Crippen molar-refractivity contribution in [1.29, 1.82) is 0 Å². The molecule has 0 radical (unpaired) electrons. The van der Waals surface area contributed by atoms with Crippen molar-refractivity contribution in [2.45, 2.75) is 18.4 Å². The van der Waals surface area contributed by atoms with Crippen LogP contribution in [0, 0.1) is 5.92 Å². The summed E-state index contributed by atoms with van der Waals surface area (Å²) in [6.45, 7) is 0.551. The average molecular weight is 127 g/mol. The van der Waals surface area contributed by atoms with Crippen molar-refractivity contribution >= 4 is 5.97 Å². The maximum atomic E-state index is 10.6. The molecule has 0 amide bonds. The lowest BCUT2D eigenvalue weighted by atomic mass is 10.1. The van der Waals surface area contributed by atoms with E-state index in [0.717, 1.165) is 6.42 Å². The number of hydrogen-bond donors (Lipinski definition) is 1. The average Bonchev–Trinajstić information content (AvgIpc) is 2.38. The van der Waals surface area contributed by atoms with E-state index in [0.29, 0.717) is 18.9 Å². The van der Waals surface area contributed by atoms with Gasteiger partial charge < -0.3 is 10.5 Å². The van der Waals surface area contributed by atoms with E-state index in [1.807, 2.05) is 0 Å². The Balaban J connectivity index is 2.11. The number of rotatable bonds is 0. The molecule has 1 aliphatic carbocycles. The van der Waals surface area contributed by atoms with Gasteiger partial charge in [-0.1, -0.05) is 0 Å². The van der Waals surface area contributed by atoms with Crippen LogP contribution in [0.1, 0.15) is 12.8 Å². The Bertz CT molecular complexity index is 168. The number of esters is 1. The molecule has 0 aromatic carbocycles. The summed E-state index contributed by atoms with van der Waals surface area (Å²) in [6.07, 6.45) is 1.40. The highest BCUT2D eigenvalue weighted by atomic mass is 16.5. The van der Waals surface area contributed by atoms with Gasteiger partial charge in [-0.3, -0.25) is 4.79 Å². The monoisotopic (exact) mass is 127 g/mol. The van der Waals surface area contributed by atoms with Gasteiger partial charge in [-0.2, -0.15) is 0 Å². The first-order valence-electron chi connectivity index (χ1n) is 3.15. The normalized spacial score (nSPS) is 47.7. The summed E-state index contributed by atoms with van der Waals surface area (Å²) in [7, 11) is 0. The third-order valence-electron chi connectivity index (χ3n) is 2.20. The van der Waals surface area contributed by atoms with Crippen LogP contribution in [0.15, 0.2) is 0 Å². The Labute approximate surface area is 53.2 Å². The fraction of sp³-hybridized carbons (Fsp3) is 0.833. The van der Waals surface area contributed by atoms with Crippen LogP contribution >= 0.6 is 0 Å². The molecule has 2 fully saturated rings. The number of hydrogen-bond acceptors (Lipinski definition) is 3. The fourth-order valence-corrected chi connectivity index (χ4v) is 1.35. The fourth-order valence-electron chi connectivity index (χ4n) is 1.35. The minimum atomic E-state index is -0.157. The molecule has 1 saturated heterocycles. The molecule has 1 saturated carbocycles. The second-order valence-corrected chi connectivity index (χ2v) is 2.99. The number of carbonyl (C=O) groups excluding carboxylic acids is 1. The van der Waals surface area contributed by atoms with Gasteiger partial charge in [0.25, 0.3) is 0 Å². The minimum absolute atomic E-state index is 0.133. The SMILES string of the molecule is N[C@@]12CC(=O)OCC1C2. The topological polar surface area (TPSA) is 52.3 Å². The van der Waals surface area contributed by atoms with Gasteiger partial charge in [0.05, 0.1) is 13.0 Å². The zero-order valence-electron chi connectivity index (χ0n) is 5.09. The molecule has 50 valence electrons. The molecule has 9 heavy (non-hydrogen) atoms. The molecular formula is C6H9NO2. The Hall–Kier alpha value is -0.570. The first-order valence-corrected chi connectivity index (χ1v) is 3.15. The van der Waals surface area contributed by atoms with Crippen molar-refractivity contribution in [3.8, 4) is 0 Å². The van der Waals surface area contributed by atoms with Gasteiger partial charge in [-0.15, -0.1) is 0 Å². The Morgan fingerprint density at radius 3 is 3.11 bits per heavy atom. The van der Waals surface area contributed by atoms with Crippen LogP contribution in [0.3, 0.4) is 0 Å². The summed E-state index contributed by atoms with van der Waals surface area (Å²) < 4.78 is 4.78. The van der Waals surface area contributed by atoms with Gasteiger partial charge in [-0.25, -0.2) is 0 Å². The highest BCUT2D eigenvalue weighted by Gasteiger charge is 2.55. The molecule has 0 bridgehead atoms. The molecule has 2 atom stereocenters. The lowest BCUT2D eigenvalue weighted by Gasteiger charge is -2.15. The van der Waals surface area contributed by atoms with Crippen molar-refractivity contribution in [2.75, 3.05) is 6.61 Å². The van der Waals surface area contributed by atoms with Gasteiger partial charge in [0.15, 0.2) is 0 Å². The first-order chi connectivity index (χ1) is 4.21. The molecule has 3 heteroatoms. The predicted molar refractivity (Wildman–Crippen MR) is 30.6 cm³/mol. The Morgan fingerprint density at radius 2 is 2.56 bits per heavy atom. The maximum absolute atomic E-state index is 10.6. The zero-order chi connectivity index (χ0) is 6.48. The van der Waals surface area contributed by atoms with Crippen molar-refractivity contribution in [3.63, 3.8) is 0 Å². The molecular weight excluding hydrogens is 118 g/mol. The summed E-state index contributed by atoms with van der Waals surface area (Å²) in [5, 5.41) is 0. The summed E-state index contributed by atoms with van der Waals surface area (Å²) in [6, 6.07) is 0. The Morgan fingerprint density at radius 1 is 1.78 bits per heavy atom. The highest BCUT2D eigenvalue weighted by Crippen LogP contribution is 2.46. The van der Waals surface area contributed by atoms with E-state index >= 15 is 0 Å². The molecule has 0 spiro atoms. The van der Waals surface area contributed by atoms with E-state index in [1.165, 1.54) is 0 Å². The Kier molecular flexibility index (Phi) is 0.750. The van der Waals surface area contributed by atoms with E-state index in [-0.39, 0.29) is 11.5 Å². The number of cyclic esters (lactones) is 1. The third kappa shape index (κ3) is 0.645. The van der Waals surface area contributed by atoms with E-state index in [4.69, 9.17) is 10.5 Å². The number of nitrogens with two attached hydrogens (primary N) is 1. The standard InChI is InChI=1S/C6H9NO2/c7-6-1-4(6)3-9-5(8)2-6/h4H,1-3,7H2/t4?,6-/m0/s1. The lowest BCUT2D eigenvalue weighted by Crippen LogP contribution is -2.34. The lowest BCUT2D eigenvalue weighted by molar-refractivity contribution is -0.147. The molecule has 0 aromatic rings. The molecule has 0 aromatic heterocycles. The quantitative estimate of drug-likeness (QED) is 0.452. The smallest absolute Gasteiger partial charge is 0.307 e. The van der Waals surface area contributed by atoms with Crippen LogP contribution in [0.4, 0.5) is 0 Å².